The van der Waals surface area contributed by atoms with Gasteiger partial charge in [0.15, 0.2) is 5.03 Å². The third kappa shape index (κ3) is 4.05. The van der Waals surface area contributed by atoms with Gasteiger partial charge in [0, 0.05) is 25.2 Å². The zero-order valence-electron chi connectivity index (χ0n) is 11.0. The van der Waals surface area contributed by atoms with Crippen LogP contribution in [0.15, 0.2) is 11.2 Å². The molecule has 0 atom stereocenters. The van der Waals surface area contributed by atoms with Crippen LogP contribution in [0.1, 0.15) is 12.5 Å². The number of nitrogens with zero attached hydrogens (tertiary/aromatic N) is 2. The lowest BCUT2D eigenvalue weighted by molar-refractivity contribution is 0.358. The maximum Gasteiger partial charge on any atom is 0.257 e. The third-order valence-electron chi connectivity index (χ3n) is 2.64. The van der Waals surface area contributed by atoms with Gasteiger partial charge in [0.1, 0.15) is 0 Å². The molecule has 0 spiro atoms. The van der Waals surface area contributed by atoms with Crippen LogP contribution in [0, 0.1) is 0 Å². The average molecular weight is 275 g/mol. The number of aromatic nitrogens is 2. The number of nitrogens with one attached hydrogen (secondary N) is 3. The van der Waals surface area contributed by atoms with Crippen molar-refractivity contribution in [2.75, 3.05) is 33.7 Å². The Morgan fingerprint density at radius 2 is 2.22 bits per heavy atom. The smallest absolute Gasteiger partial charge is 0.257 e. The van der Waals surface area contributed by atoms with Crippen LogP contribution in [0.25, 0.3) is 0 Å². The fourth-order valence-electron chi connectivity index (χ4n) is 1.45. The van der Waals surface area contributed by atoms with Crippen LogP contribution in [0.5, 0.6) is 0 Å². The molecule has 0 radical (unpaired) electrons. The van der Waals surface area contributed by atoms with Gasteiger partial charge < -0.3 is 10.2 Å². The molecule has 1 rings (SSSR count). The first-order chi connectivity index (χ1) is 8.51. The Hall–Kier alpha value is -0.960. The summed E-state index contributed by atoms with van der Waals surface area (Å²) in [6.07, 6.45) is 1.52. The molecule has 1 aromatic heterocycles. The largest absolute Gasteiger partial charge is 0.316 e. The van der Waals surface area contributed by atoms with Crippen molar-refractivity contribution in [1.29, 1.82) is 0 Å². The molecule has 0 fully saturated rings. The van der Waals surface area contributed by atoms with E-state index in [1.807, 2.05) is 18.9 Å². The number of hydrogen-bond donors (Lipinski definition) is 3. The van der Waals surface area contributed by atoms with Gasteiger partial charge >= 0.3 is 0 Å². The second kappa shape index (κ2) is 6.83. The van der Waals surface area contributed by atoms with Gasteiger partial charge in [-0.2, -0.15) is 5.10 Å². The van der Waals surface area contributed by atoms with E-state index in [9.17, 15) is 8.42 Å². The summed E-state index contributed by atoms with van der Waals surface area (Å²) in [4.78, 5) is 2.03. The summed E-state index contributed by atoms with van der Waals surface area (Å²) in [5, 5.41) is 9.34. The lowest BCUT2D eigenvalue weighted by Crippen LogP contribution is -2.33. The lowest BCUT2D eigenvalue weighted by atomic mass is 10.4. The van der Waals surface area contributed by atoms with E-state index >= 15 is 0 Å². The third-order valence-corrected chi connectivity index (χ3v) is 4.11. The summed E-state index contributed by atoms with van der Waals surface area (Å²) in [5.41, 5.74) is 0.633. The fourth-order valence-corrected chi connectivity index (χ4v) is 2.60. The quantitative estimate of drug-likeness (QED) is 0.587. The minimum absolute atomic E-state index is 0.135. The first kappa shape index (κ1) is 15.1. The highest BCUT2D eigenvalue weighted by molar-refractivity contribution is 7.89. The molecular formula is C10H21N5O2S. The minimum Gasteiger partial charge on any atom is -0.316 e. The van der Waals surface area contributed by atoms with Crippen molar-refractivity contribution in [2.45, 2.75) is 18.5 Å². The molecule has 0 saturated heterocycles. The van der Waals surface area contributed by atoms with Crippen LogP contribution in [0.2, 0.25) is 0 Å². The number of H-pyrrole nitrogens is 1. The van der Waals surface area contributed by atoms with Crippen molar-refractivity contribution >= 4 is 10.0 Å². The van der Waals surface area contributed by atoms with Gasteiger partial charge in [0.05, 0.1) is 6.20 Å². The zero-order chi connectivity index (χ0) is 13.6. The lowest BCUT2D eigenvalue weighted by Gasteiger charge is -2.14. The van der Waals surface area contributed by atoms with Crippen molar-refractivity contribution in [3.8, 4) is 0 Å². The van der Waals surface area contributed by atoms with Gasteiger partial charge in [0.2, 0.25) is 0 Å². The van der Waals surface area contributed by atoms with Crippen LogP contribution in [-0.4, -0.2) is 57.2 Å². The molecule has 3 N–H and O–H groups in total. The van der Waals surface area contributed by atoms with Gasteiger partial charge in [-0.1, -0.05) is 6.92 Å². The Balaban J connectivity index is 2.65. The van der Waals surface area contributed by atoms with Crippen LogP contribution < -0.4 is 10.0 Å². The summed E-state index contributed by atoms with van der Waals surface area (Å²) in [6, 6.07) is 0. The molecular weight excluding hydrogens is 254 g/mol. The summed E-state index contributed by atoms with van der Waals surface area (Å²) in [5.74, 6) is 0. The normalized spacial score (nSPS) is 12.2. The molecule has 104 valence electrons. The molecule has 1 aromatic rings. The standard InChI is InChI=1S/C10H21N5O2S/c1-4-15(3)6-5-13-18(16,17)10-9(7-11-2)8-12-14-10/h8,11,13H,4-7H2,1-3H3,(H,12,14). The highest BCUT2D eigenvalue weighted by atomic mass is 32.2. The van der Waals surface area contributed by atoms with E-state index < -0.39 is 10.0 Å². The van der Waals surface area contributed by atoms with Crippen LogP contribution >= 0.6 is 0 Å². The first-order valence-electron chi connectivity index (χ1n) is 5.86. The zero-order valence-corrected chi connectivity index (χ0v) is 11.8. The SMILES string of the molecule is CCN(C)CCNS(=O)(=O)c1[nH]ncc1CNC. The summed E-state index contributed by atoms with van der Waals surface area (Å²) >= 11 is 0. The Kier molecular flexibility index (Phi) is 5.73. The minimum atomic E-state index is -3.51. The maximum absolute atomic E-state index is 12.0. The van der Waals surface area contributed by atoms with Gasteiger partial charge in [-0.15, -0.1) is 0 Å². The molecule has 0 aliphatic heterocycles. The van der Waals surface area contributed by atoms with Gasteiger partial charge in [-0.3, -0.25) is 5.10 Å². The van der Waals surface area contributed by atoms with Crippen LogP contribution in [0.4, 0.5) is 0 Å². The van der Waals surface area contributed by atoms with Gasteiger partial charge in [0.25, 0.3) is 10.0 Å². The van der Waals surface area contributed by atoms with E-state index in [4.69, 9.17) is 0 Å². The summed E-state index contributed by atoms with van der Waals surface area (Å²) < 4.78 is 26.6. The average Bonchev–Trinajstić information content (AvgIpc) is 2.78. The van der Waals surface area contributed by atoms with E-state index in [1.54, 1.807) is 7.05 Å². The van der Waals surface area contributed by atoms with E-state index in [2.05, 4.69) is 20.2 Å². The second-order valence-corrected chi connectivity index (χ2v) is 5.75. The number of likely N-dealkylation sites (N-methyl/N-ethyl adjacent to an activating group) is 1. The molecule has 0 aliphatic rings. The maximum atomic E-state index is 12.0. The summed E-state index contributed by atoms with van der Waals surface area (Å²) in [7, 11) is 0.190. The summed E-state index contributed by atoms with van der Waals surface area (Å²) in [6.45, 7) is 4.42. The Labute approximate surface area is 108 Å². The molecule has 0 bridgehead atoms. The molecule has 0 saturated carbocycles. The highest BCUT2D eigenvalue weighted by Crippen LogP contribution is 2.10. The van der Waals surface area contributed by atoms with Crippen LogP contribution in [0.3, 0.4) is 0 Å². The molecule has 1 heterocycles. The number of aromatic amines is 1. The molecule has 18 heavy (non-hydrogen) atoms. The van der Waals surface area contributed by atoms with E-state index in [0.29, 0.717) is 25.2 Å². The fraction of sp³-hybridized carbons (Fsp3) is 0.700. The van der Waals surface area contributed by atoms with Crippen molar-refractivity contribution in [3.05, 3.63) is 11.8 Å². The van der Waals surface area contributed by atoms with E-state index in [-0.39, 0.29) is 5.03 Å². The van der Waals surface area contributed by atoms with Gasteiger partial charge in [-0.05, 0) is 20.6 Å². The van der Waals surface area contributed by atoms with Crippen LogP contribution in [-0.2, 0) is 16.6 Å². The van der Waals surface area contributed by atoms with Gasteiger partial charge in [-0.25, -0.2) is 13.1 Å². The van der Waals surface area contributed by atoms with Crippen molar-refractivity contribution in [3.63, 3.8) is 0 Å². The highest BCUT2D eigenvalue weighted by Gasteiger charge is 2.19. The molecule has 0 aliphatic carbocycles. The van der Waals surface area contributed by atoms with E-state index in [0.717, 1.165) is 6.54 Å². The Bertz CT molecular complexity index is 457. The topological polar surface area (TPSA) is 90.1 Å². The molecule has 0 unspecified atom stereocenters. The number of hydrogen-bond acceptors (Lipinski definition) is 5. The molecule has 0 amide bonds. The van der Waals surface area contributed by atoms with Crippen molar-refractivity contribution < 1.29 is 8.42 Å². The predicted molar refractivity (Wildman–Crippen MR) is 69.7 cm³/mol. The molecule has 8 heteroatoms. The Morgan fingerprint density at radius 3 is 2.83 bits per heavy atom. The monoisotopic (exact) mass is 275 g/mol. The predicted octanol–water partition coefficient (Wildman–Crippen LogP) is -0.641. The van der Waals surface area contributed by atoms with E-state index in [1.165, 1.54) is 6.20 Å². The molecule has 0 aromatic carbocycles. The Morgan fingerprint density at radius 1 is 1.50 bits per heavy atom. The number of sulfonamides is 1. The van der Waals surface area contributed by atoms with Crippen molar-refractivity contribution in [1.82, 2.24) is 25.1 Å². The molecule has 7 nitrogen and oxygen atoms in total. The first-order valence-corrected chi connectivity index (χ1v) is 7.34. The number of rotatable bonds is 8. The second-order valence-electron chi connectivity index (χ2n) is 4.05. The van der Waals surface area contributed by atoms with Crippen molar-refractivity contribution in [2.24, 2.45) is 0 Å².